The maximum Gasteiger partial charge on any atom is 0.253 e. The van der Waals surface area contributed by atoms with Gasteiger partial charge in [0, 0.05) is 24.1 Å². The van der Waals surface area contributed by atoms with E-state index in [2.05, 4.69) is 0 Å². The van der Waals surface area contributed by atoms with Crippen LogP contribution in [-0.2, 0) is 0 Å². The molecule has 4 rings (SSSR count). The van der Waals surface area contributed by atoms with Crippen LogP contribution in [0.15, 0.2) is 48.5 Å². The fraction of sp³-hybridized carbons (Fsp3) is 0.458. The van der Waals surface area contributed by atoms with E-state index in [9.17, 15) is 9.90 Å². The van der Waals surface area contributed by atoms with Gasteiger partial charge in [-0.3, -0.25) is 4.79 Å². The minimum Gasteiger partial charge on any atom is -0.497 e. The molecule has 2 fully saturated rings. The zero-order valence-corrected chi connectivity index (χ0v) is 16.6. The number of benzene rings is 2. The number of carbonyl (C=O) groups excluding carboxylic acids is 1. The lowest BCUT2D eigenvalue weighted by Crippen LogP contribution is -2.48. The number of nitrogens with zero attached hydrogens (tertiary/aromatic N) is 1. The monoisotopic (exact) mass is 379 g/mol. The second-order valence-corrected chi connectivity index (χ2v) is 8.45. The zero-order chi connectivity index (χ0) is 19.6. The maximum absolute atomic E-state index is 13.1. The molecule has 148 valence electrons. The Morgan fingerprint density at radius 2 is 1.96 bits per heavy atom. The van der Waals surface area contributed by atoms with Crippen LogP contribution in [0.3, 0.4) is 0 Å². The second kappa shape index (κ2) is 7.96. The van der Waals surface area contributed by atoms with Gasteiger partial charge in [-0.1, -0.05) is 37.1 Å². The highest BCUT2D eigenvalue weighted by molar-refractivity contribution is 5.94. The third-order valence-corrected chi connectivity index (χ3v) is 6.24. The number of rotatable bonds is 6. The van der Waals surface area contributed by atoms with Crippen molar-refractivity contribution in [3.63, 3.8) is 0 Å². The van der Waals surface area contributed by atoms with Crippen molar-refractivity contribution in [1.29, 1.82) is 0 Å². The Kier molecular flexibility index (Phi) is 5.40. The van der Waals surface area contributed by atoms with Gasteiger partial charge in [0.05, 0.1) is 13.7 Å². The van der Waals surface area contributed by atoms with E-state index in [0.717, 1.165) is 48.6 Å². The number of hydrogen-bond donors (Lipinski definition) is 1. The Hall–Kier alpha value is -2.33. The van der Waals surface area contributed by atoms with Crippen molar-refractivity contribution in [2.45, 2.75) is 32.1 Å². The zero-order valence-electron chi connectivity index (χ0n) is 16.6. The number of ether oxygens (including phenoxy) is 1. The third kappa shape index (κ3) is 4.07. The maximum atomic E-state index is 13.1. The van der Waals surface area contributed by atoms with Gasteiger partial charge in [-0.25, -0.2) is 0 Å². The van der Waals surface area contributed by atoms with E-state index >= 15 is 0 Å². The van der Waals surface area contributed by atoms with Crippen LogP contribution in [0.2, 0.25) is 0 Å². The first-order valence-corrected chi connectivity index (χ1v) is 10.3. The molecule has 1 unspecified atom stereocenters. The molecule has 1 aliphatic carbocycles. The molecule has 1 N–H and O–H groups in total. The van der Waals surface area contributed by atoms with Crippen molar-refractivity contribution >= 4 is 5.91 Å². The number of piperidine rings is 1. The lowest BCUT2D eigenvalue weighted by Gasteiger charge is -2.42. The molecule has 2 aromatic carbocycles. The quantitative estimate of drug-likeness (QED) is 0.810. The predicted molar refractivity (Wildman–Crippen MR) is 110 cm³/mol. The summed E-state index contributed by atoms with van der Waals surface area (Å²) in [7, 11) is 1.66. The van der Waals surface area contributed by atoms with Crippen molar-refractivity contribution in [3.05, 3.63) is 54.1 Å². The summed E-state index contributed by atoms with van der Waals surface area (Å²) in [6, 6.07) is 15.7. The molecular formula is C24H29NO3. The molecule has 1 atom stereocenters. The summed E-state index contributed by atoms with van der Waals surface area (Å²) in [6.07, 6.45) is 5.62. The van der Waals surface area contributed by atoms with Gasteiger partial charge in [-0.15, -0.1) is 0 Å². The SMILES string of the molecule is COc1cccc(-c2ccc(C(=O)N3CCCC(CO)(CC4CC4)C3)cc2)c1. The molecule has 1 aliphatic heterocycles. The van der Waals surface area contributed by atoms with Crippen LogP contribution < -0.4 is 4.74 Å². The van der Waals surface area contributed by atoms with Crippen LogP contribution in [0.5, 0.6) is 5.75 Å². The number of amides is 1. The van der Waals surface area contributed by atoms with Gasteiger partial charge in [0.25, 0.3) is 5.91 Å². The van der Waals surface area contributed by atoms with E-state index < -0.39 is 0 Å². The van der Waals surface area contributed by atoms with Crippen molar-refractivity contribution in [2.75, 3.05) is 26.8 Å². The Balaban J connectivity index is 1.48. The summed E-state index contributed by atoms with van der Waals surface area (Å²) < 4.78 is 5.30. The fourth-order valence-electron chi connectivity index (χ4n) is 4.47. The minimum absolute atomic E-state index is 0.0746. The van der Waals surface area contributed by atoms with Gasteiger partial charge in [0.1, 0.15) is 5.75 Å². The molecule has 1 saturated heterocycles. The van der Waals surface area contributed by atoms with E-state index in [1.54, 1.807) is 7.11 Å². The predicted octanol–water partition coefficient (Wildman–Crippen LogP) is 4.38. The molecule has 2 aromatic rings. The largest absolute Gasteiger partial charge is 0.497 e. The van der Waals surface area contributed by atoms with Crippen LogP contribution in [0.25, 0.3) is 11.1 Å². The number of carbonyl (C=O) groups is 1. The van der Waals surface area contributed by atoms with Gasteiger partial charge in [0.2, 0.25) is 0 Å². The molecule has 4 heteroatoms. The van der Waals surface area contributed by atoms with Gasteiger partial charge < -0.3 is 14.7 Å². The van der Waals surface area contributed by atoms with Gasteiger partial charge in [0.15, 0.2) is 0 Å². The number of hydrogen-bond acceptors (Lipinski definition) is 3. The van der Waals surface area contributed by atoms with Gasteiger partial charge in [-0.05, 0) is 60.6 Å². The van der Waals surface area contributed by atoms with Gasteiger partial charge >= 0.3 is 0 Å². The number of likely N-dealkylation sites (tertiary alicyclic amines) is 1. The minimum atomic E-state index is -0.102. The summed E-state index contributed by atoms with van der Waals surface area (Å²) in [5.74, 6) is 1.65. The van der Waals surface area contributed by atoms with E-state index in [1.165, 1.54) is 12.8 Å². The highest BCUT2D eigenvalue weighted by Crippen LogP contribution is 2.44. The van der Waals surface area contributed by atoms with Crippen LogP contribution in [0.1, 0.15) is 42.5 Å². The highest BCUT2D eigenvalue weighted by atomic mass is 16.5. The van der Waals surface area contributed by atoms with E-state index in [0.29, 0.717) is 12.1 Å². The van der Waals surface area contributed by atoms with Gasteiger partial charge in [-0.2, -0.15) is 0 Å². The van der Waals surface area contributed by atoms with Crippen molar-refractivity contribution < 1.29 is 14.6 Å². The van der Waals surface area contributed by atoms with E-state index in [-0.39, 0.29) is 17.9 Å². The molecule has 0 bridgehead atoms. The average Bonchev–Trinajstić information content (AvgIpc) is 3.57. The summed E-state index contributed by atoms with van der Waals surface area (Å²) in [6.45, 7) is 1.64. The van der Waals surface area contributed by atoms with Crippen molar-refractivity contribution in [2.24, 2.45) is 11.3 Å². The standard InChI is InChI=1S/C24H29NO3/c1-28-22-5-2-4-21(14-22)19-8-10-20(11-9-19)23(27)25-13-3-12-24(16-25,17-26)15-18-6-7-18/h2,4-5,8-11,14,18,26H,3,6-7,12-13,15-17H2,1H3. The Morgan fingerprint density at radius 1 is 1.18 bits per heavy atom. The molecule has 1 heterocycles. The summed E-state index contributed by atoms with van der Waals surface area (Å²) in [4.78, 5) is 15.0. The molecule has 0 radical (unpaired) electrons. The van der Waals surface area contributed by atoms with Crippen molar-refractivity contribution in [3.8, 4) is 16.9 Å². The Labute approximate surface area is 167 Å². The molecule has 0 spiro atoms. The average molecular weight is 380 g/mol. The first-order chi connectivity index (χ1) is 13.6. The van der Waals surface area contributed by atoms with Crippen LogP contribution >= 0.6 is 0 Å². The number of aliphatic hydroxyl groups excluding tert-OH is 1. The Morgan fingerprint density at radius 3 is 2.64 bits per heavy atom. The smallest absolute Gasteiger partial charge is 0.253 e. The molecular weight excluding hydrogens is 350 g/mol. The third-order valence-electron chi connectivity index (χ3n) is 6.24. The lowest BCUT2D eigenvalue weighted by molar-refractivity contribution is 0.0196. The molecule has 2 aliphatic rings. The summed E-state index contributed by atoms with van der Waals surface area (Å²) in [5, 5.41) is 10.0. The molecule has 1 saturated carbocycles. The molecule has 28 heavy (non-hydrogen) atoms. The van der Waals surface area contributed by atoms with Crippen LogP contribution in [0.4, 0.5) is 0 Å². The van der Waals surface area contributed by atoms with E-state index in [1.807, 2.05) is 53.4 Å². The normalized spacial score (nSPS) is 22.1. The second-order valence-electron chi connectivity index (χ2n) is 8.45. The Bertz CT molecular complexity index is 828. The van der Waals surface area contributed by atoms with Crippen LogP contribution in [-0.4, -0.2) is 42.7 Å². The number of methoxy groups -OCH3 is 1. The highest BCUT2D eigenvalue weighted by Gasteiger charge is 2.41. The fourth-order valence-corrected chi connectivity index (χ4v) is 4.47. The molecule has 1 amide bonds. The number of aliphatic hydroxyl groups is 1. The lowest BCUT2D eigenvalue weighted by atomic mass is 9.76. The first-order valence-electron chi connectivity index (χ1n) is 10.3. The molecule has 4 nitrogen and oxygen atoms in total. The first kappa shape index (κ1) is 19.0. The molecule has 0 aromatic heterocycles. The van der Waals surface area contributed by atoms with E-state index in [4.69, 9.17) is 4.74 Å². The topological polar surface area (TPSA) is 49.8 Å². The summed E-state index contributed by atoms with van der Waals surface area (Å²) >= 11 is 0. The van der Waals surface area contributed by atoms with Crippen LogP contribution in [0, 0.1) is 11.3 Å². The van der Waals surface area contributed by atoms with Crippen molar-refractivity contribution in [1.82, 2.24) is 4.90 Å². The summed E-state index contributed by atoms with van der Waals surface area (Å²) in [5.41, 5.74) is 2.75.